The van der Waals surface area contributed by atoms with Crippen molar-refractivity contribution in [1.82, 2.24) is 10.2 Å². The lowest BCUT2D eigenvalue weighted by Crippen LogP contribution is -1.94. The van der Waals surface area contributed by atoms with E-state index < -0.39 is 0 Å². The first kappa shape index (κ1) is 17.0. The fourth-order valence-corrected chi connectivity index (χ4v) is 3.41. The summed E-state index contributed by atoms with van der Waals surface area (Å²) < 4.78 is 0. The number of nitrogens with zero attached hydrogens (tertiary/aromatic N) is 2. The number of aromatic nitrogens is 2. The first-order valence-corrected chi connectivity index (χ1v) is 9.18. The van der Waals surface area contributed by atoms with Gasteiger partial charge in [0.25, 0.3) is 0 Å². The van der Waals surface area contributed by atoms with Crippen LogP contribution in [0.4, 0.5) is 0 Å². The minimum Gasteiger partial charge on any atom is -0.149 e. The second-order valence-corrected chi connectivity index (χ2v) is 7.36. The van der Waals surface area contributed by atoms with Gasteiger partial charge in [0.1, 0.15) is 5.03 Å². The van der Waals surface area contributed by atoms with Gasteiger partial charge in [-0.15, -0.1) is 10.2 Å². The van der Waals surface area contributed by atoms with E-state index in [0.29, 0.717) is 0 Å². The Labute approximate surface area is 152 Å². The molecule has 122 valence electrons. The van der Waals surface area contributed by atoms with Crippen LogP contribution in [-0.2, 0) is 5.75 Å². The van der Waals surface area contributed by atoms with Crippen LogP contribution < -0.4 is 0 Å². The van der Waals surface area contributed by atoms with Gasteiger partial charge >= 0.3 is 0 Å². The summed E-state index contributed by atoms with van der Waals surface area (Å²) in [6.07, 6.45) is 0. The molecular formula is C20H19ClN2S. The van der Waals surface area contributed by atoms with Crippen molar-refractivity contribution in [3.63, 3.8) is 0 Å². The van der Waals surface area contributed by atoms with Gasteiger partial charge in [0.05, 0.1) is 5.69 Å². The molecule has 0 saturated carbocycles. The molecule has 3 aromatic rings. The van der Waals surface area contributed by atoms with Crippen LogP contribution in [0.15, 0.2) is 53.6 Å². The third-order valence-electron chi connectivity index (χ3n) is 4.06. The van der Waals surface area contributed by atoms with Crippen molar-refractivity contribution in [3.8, 4) is 11.3 Å². The zero-order valence-corrected chi connectivity index (χ0v) is 15.6. The molecular weight excluding hydrogens is 336 g/mol. The topological polar surface area (TPSA) is 25.8 Å². The van der Waals surface area contributed by atoms with Crippen LogP contribution >= 0.6 is 23.4 Å². The molecule has 0 aliphatic carbocycles. The summed E-state index contributed by atoms with van der Waals surface area (Å²) in [7, 11) is 0. The normalized spacial score (nSPS) is 10.8. The average Bonchev–Trinajstić information content (AvgIpc) is 2.58. The molecule has 4 heteroatoms. The Kier molecular flexibility index (Phi) is 5.22. The predicted molar refractivity (Wildman–Crippen MR) is 103 cm³/mol. The minimum atomic E-state index is 0.761. The van der Waals surface area contributed by atoms with Gasteiger partial charge in [0.15, 0.2) is 0 Å². The van der Waals surface area contributed by atoms with Gasteiger partial charge in [-0.1, -0.05) is 41.6 Å². The standard InChI is InChI=1S/C20H19ClN2S/c1-13-10-15(3)18(11-14(13)2)19-8-9-20(23-22-19)24-12-16-4-6-17(21)7-5-16/h4-11H,12H2,1-3H3. The summed E-state index contributed by atoms with van der Waals surface area (Å²) in [4.78, 5) is 0. The molecule has 24 heavy (non-hydrogen) atoms. The molecule has 0 fully saturated rings. The molecule has 0 N–H and O–H groups in total. The molecule has 0 atom stereocenters. The second-order valence-electron chi connectivity index (χ2n) is 5.92. The van der Waals surface area contributed by atoms with Crippen molar-refractivity contribution in [2.75, 3.05) is 0 Å². The van der Waals surface area contributed by atoms with Crippen LogP contribution in [0.1, 0.15) is 22.3 Å². The molecule has 0 aliphatic heterocycles. The van der Waals surface area contributed by atoms with Crippen molar-refractivity contribution in [1.29, 1.82) is 0 Å². The molecule has 0 bridgehead atoms. The van der Waals surface area contributed by atoms with Crippen molar-refractivity contribution in [2.45, 2.75) is 31.6 Å². The van der Waals surface area contributed by atoms with Gasteiger partial charge in [-0.2, -0.15) is 0 Å². The first-order valence-electron chi connectivity index (χ1n) is 7.82. The Morgan fingerprint density at radius 3 is 2.21 bits per heavy atom. The molecule has 0 aliphatic rings. The summed E-state index contributed by atoms with van der Waals surface area (Å²) in [5.74, 6) is 0.855. The molecule has 0 saturated heterocycles. The van der Waals surface area contributed by atoms with Gasteiger partial charge in [0.2, 0.25) is 0 Å². The molecule has 2 nitrogen and oxygen atoms in total. The Bertz CT molecular complexity index is 843. The molecule has 1 aromatic heterocycles. The van der Waals surface area contributed by atoms with Crippen molar-refractivity contribution in [2.24, 2.45) is 0 Å². The Hall–Kier alpha value is -1.84. The van der Waals surface area contributed by atoms with Crippen molar-refractivity contribution < 1.29 is 0 Å². The highest BCUT2D eigenvalue weighted by atomic mass is 35.5. The minimum absolute atomic E-state index is 0.761. The maximum Gasteiger partial charge on any atom is 0.119 e. The smallest absolute Gasteiger partial charge is 0.119 e. The number of hydrogen-bond acceptors (Lipinski definition) is 3. The van der Waals surface area contributed by atoms with Gasteiger partial charge in [-0.05, 0) is 73.4 Å². The quantitative estimate of drug-likeness (QED) is 0.536. The number of aryl methyl sites for hydroxylation is 3. The lowest BCUT2D eigenvalue weighted by molar-refractivity contribution is 0.934. The van der Waals surface area contributed by atoms with Crippen LogP contribution in [0.3, 0.4) is 0 Å². The second kappa shape index (κ2) is 7.37. The molecule has 2 aromatic carbocycles. The Morgan fingerprint density at radius 1 is 0.833 bits per heavy atom. The van der Waals surface area contributed by atoms with Gasteiger partial charge in [0, 0.05) is 16.3 Å². The SMILES string of the molecule is Cc1cc(C)c(-c2ccc(SCc3ccc(Cl)cc3)nn2)cc1C. The summed E-state index contributed by atoms with van der Waals surface area (Å²) in [5.41, 5.74) is 7.11. The highest BCUT2D eigenvalue weighted by Crippen LogP contribution is 2.27. The largest absolute Gasteiger partial charge is 0.149 e. The highest BCUT2D eigenvalue weighted by molar-refractivity contribution is 7.98. The zero-order valence-electron chi connectivity index (χ0n) is 14.0. The van der Waals surface area contributed by atoms with E-state index in [1.807, 2.05) is 36.4 Å². The van der Waals surface area contributed by atoms with Crippen LogP contribution in [0, 0.1) is 20.8 Å². The van der Waals surface area contributed by atoms with Crippen LogP contribution in [0.2, 0.25) is 5.02 Å². The molecule has 3 rings (SSSR count). The summed E-state index contributed by atoms with van der Waals surface area (Å²) in [6, 6.07) is 16.4. The molecule has 0 radical (unpaired) electrons. The number of hydrogen-bond donors (Lipinski definition) is 0. The number of rotatable bonds is 4. The van der Waals surface area contributed by atoms with Gasteiger partial charge in [-0.3, -0.25) is 0 Å². The lowest BCUT2D eigenvalue weighted by atomic mass is 9.99. The van der Waals surface area contributed by atoms with Crippen molar-refractivity contribution in [3.05, 3.63) is 75.8 Å². The van der Waals surface area contributed by atoms with Gasteiger partial charge in [-0.25, -0.2) is 0 Å². The van der Waals surface area contributed by atoms with E-state index in [1.54, 1.807) is 11.8 Å². The van der Waals surface area contributed by atoms with E-state index in [0.717, 1.165) is 27.1 Å². The summed E-state index contributed by atoms with van der Waals surface area (Å²) in [6.45, 7) is 6.38. The third kappa shape index (κ3) is 3.97. The maximum absolute atomic E-state index is 5.91. The average molecular weight is 355 g/mol. The van der Waals surface area contributed by atoms with E-state index in [9.17, 15) is 0 Å². The summed E-state index contributed by atoms with van der Waals surface area (Å²) in [5, 5.41) is 10.5. The van der Waals surface area contributed by atoms with E-state index >= 15 is 0 Å². The Morgan fingerprint density at radius 2 is 1.54 bits per heavy atom. The maximum atomic E-state index is 5.91. The van der Waals surface area contributed by atoms with Crippen molar-refractivity contribution >= 4 is 23.4 Å². The number of thioether (sulfide) groups is 1. The van der Waals surface area contributed by atoms with Gasteiger partial charge < -0.3 is 0 Å². The lowest BCUT2D eigenvalue weighted by Gasteiger charge is -2.09. The third-order valence-corrected chi connectivity index (χ3v) is 5.30. The van der Waals surface area contributed by atoms with Crippen LogP contribution in [0.5, 0.6) is 0 Å². The molecule has 1 heterocycles. The van der Waals surface area contributed by atoms with Crippen LogP contribution in [0.25, 0.3) is 11.3 Å². The van der Waals surface area contributed by atoms with E-state index in [2.05, 4.69) is 43.1 Å². The molecule has 0 unspecified atom stereocenters. The molecule has 0 spiro atoms. The highest BCUT2D eigenvalue weighted by Gasteiger charge is 2.07. The number of benzene rings is 2. The van der Waals surface area contributed by atoms with E-state index in [-0.39, 0.29) is 0 Å². The molecule has 0 amide bonds. The zero-order chi connectivity index (χ0) is 17.1. The fraction of sp³-hybridized carbons (Fsp3) is 0.200. The predicted octanol–water partition coefficient (Wildman–Crippen LogP) is 6.01. The number of halogens is 1. The fourth-order valence-electron chi connectivity index (χ4n) is 2.52. The van der Waals surface area contributed by atoms with E-state index in [1.165, 1.54) is 22.3 Å². The Balaban J connectivity index is 1.73. The summed E-state index contributed by atoms with van der Waals surface area (Å²) >= 11 is 7.59. The van der Waals surface area contributed by atoms with Crippen LogP contribution in [-0.4, -0.2) is 10.2 Å². The first-order chi connectivity index (χ1) is 11.5. The van der Waals surface area contributed by atoms with E-state index in [4.69, 9.17) is 11.6 Å². The monoisotopic (exact) mass is 354 g/mol.